The van der Waals surface area contributed by atoms with Crippen LogP contribution in [0.1, 0.15) is 18.3 Å². The molecule has 0 aliphatic rings. The van der Waals surface area contributed by atoms with Gasteiger partial charge in [0, 0.05) is 12.6 Å². The quantitative estimate of drug-likeness (QED) is 0.404. The molecule has 1 heterocycles. The zero-order chi connectivity index (χ0) is 21.3. The largest absolute Gasteiger partial charge is 0.453 e. The van der Waals surface area contributed by atoms with Gasteiger partial charge in [0.25, 0.3) is 0 Å². The Morgan fingerprint density at radius 1 is 1.00 bits per heavy atom. The molecule has 152 valence electrons. The summed E-state index contributed by atoms with van der Waals surface area (Å²) >= 11 is 0. The van der Waals surface area contributed by atoms with E-state index >= 15 is 0 Å². The lowest BCUT2D eigenvalue weighted by Crippen LogP contribution is -2.26. The van der Waals surface area contributed by atoms with Crippen LogP contribution in [0, 0.1) is 0 Å². The van der Waals surface area contributed by atoms with Crippen LogP contribution in [0.15, 0.2) is 66.4 Å². The van der Waals surface area contributed by atoms with E-state index in [4.69, 9.17) is 10.5 Å². The number of aromatic nitrogens is 3. The number of esters is 1. The molecule has 1 amide bonds. The van der Waals surface area contributed by atoms with Crippen LogP contribution >= 0.6 is 0 Å². The number of rotatable bonds is 7. The number of hydrogen-bond donors (Lipinski definition) is 3. The van der Waals surface area contributed by atoms with Crippen molar-refractivity contribution in [2.45, 2.75) is 13.5 Å². The topological polar surface area (TPSA) is 132 Å². The number of para-hydroxylation sites is 1. The van der Waals surface area contributed by atoms with Crippen molar-refractivity contribution in [3.63, 3.8) is 0 Å². The van der Waals surface area contributed by atoms with Crippen molar-refractivity contribution in [2.24, 2.45) is 0 Å². The predicted octanol–water partition coefficient (Wildman–Crippen LogP) is 2.42. The molecule has 0 saturated carbocycles. The molecule has 0 bridgehead atoms. The van der Waals surface area contributed by atoms with Gasteiger partial charge >= 0.3 is 5.97 Å². The van der Waals surface area contributed by atoms with Gasteiger partial charge in [-0.3, -0.25) is 4.79 Å². The van der Waals surface area contributed by atoms with E-state index in [1.807, 2.05) is 48.5 Å². The summed E-state index contributed by atoms with van der Waals surface area (Å²) in [5, 5.41) is 5.48. The molecule has 0 spiro atoms. The zero-order valence-electron chi connectivity index (χ0n) is 16.2. The number of nitrogens with one attached hydrogen (secondary N) is 2. The Morgan fingerprint density at radius 3 is 2.33 bits per heavy atom. The Kier molecular flexibility index (Phi) is 6.67. The maximum absolute atomic E-state index is 12.5. The Morgan fingerprint density at radius 2 is 1.67 bits per heavy atom. The van der Waals surface area contributed by atoms with E-state index < -0.39 is 11.9 Å². The van der Waals surface area contributed by atoms with Crippen LogP contribution in [0.2, 0.25) is 0 Å². The second-order valence-corrected chi connectivity index (χ2v) is 6.15. The molecule has 4 N–H and O–H groups in total. The average molecular weight is 404 g/mol. The first kappa shape index (κ1) is 20.5. The van der Waals surface area contributed by atoms with Crippen molar-refractivity contribution in [1.82, 2.24) is 20.3 Å². The molecule has 0 atom stereocenters. The molecule has 9 heteroatoms. The number of amides is 1. The van der Waals surface area contributed by atoms with Crippen LogP contribution < -0.4 is 16.4 Å². The van der Waals surface area contributed by atoms with Crippen LogP contribution in [0.3, 0.4) is 0 Å². The summed E-state index contributed by atoms with van der Waals surface area (Å²) in [6.07, 6.45) is 1.52. The number of carbonyl (C=O) groups excluding carboxylic acids is 2. The minimum absolute atomic E-state index is 0.00152. The first-order valence-corrected chi connectivity index (χ1v) is 9.03. The number of carbonyl (C=O) groups is 2. The fraction of sp³-hybridized carbons (Fsp3) is 0.0952. The SMILES string of the molecule is CC(=O)N/C(=C\c1ccccc1)C(=O)OCc1nc(N)nc(Nc2ccccc2)n1. The standard InChI is InChI=1S/C21H20N6O3/c1-14(28)23-17(12-15-8-4-2-5-9-15)19(29)30-13-18-25-20(22)27-21(26-18)24-16-10-6-3-7-11-16/h2-12H,13H2,1H3,(H,23,28)(H3,22,24,25,26,27)/b17-12-. The molecule has 3 aromatic rings. The Labute approximate surface area is 173 Å². The first-order valence-electron chi connectivity index (χ1n) is 9.03. The third-order valence-electron chi connectivity index (χ3n) is 3.70. The number of nitrogens with zero attached hydrogens (tertiary/aromatic N) is 3. The highest BCUT2D eigenvalue weighted by Gasteiger charge is 2.15. The van der Waals surface area contributed by atoms with Gasteiger partial charge in [-0.2, -0.15) is 15.0 Å². The van der Waals surface area contributed by atoms with Gasteiger partial charge in [0.15, 0.2) is 12.4 Å². The molecule has 1 aromatic heterocycles. The lowest BCUT2D eigenvalue weighted by atomic mass is 10.2. The van der Waals surface area contributed by atoms with Gasteiger partial charge in [0.05, 0.1) is 0 Å². The number of hydrogen-bond acceptors (Lipinski definition) is 8. The summed E-state index contributed by atoms with van der Waals surface area (Å²) in [5.74, 6) is -0.757. The Hall–Kier alpha value is -4.27. The molecule has 3 rings (SSSR count). The monoisotopic (exact) mass is 404 g/mol. The minimum Gasteiger partial charge on any atom is -0.453 e. The van der Waals surface area contributed by atoms with Crippen molar-refractivity contribution < 1.29 is 14.3 Å². The lowest BCUT2D eigenvalue weighted by molar-refractivity contribution is -0.141. The summed E-state index contributed by atoms with van der Waals surface area (Å²) in [6, 6.07) is 18.4. The van der Waals surface area contributed by atoms with Crippen molar-refractivity contribution in [3.05, 3.63) is 77.7 Å². The normalized spacial score (nSPS) is 10.9. The van der Waals surface area contributed by atoms with Gasteiger partial charge in [-0.05, 0) is 23.8 Å². The summed E-state index contributed by atoms with van der Waals surface area (Å²) in [7, 11) is 0. The Bertz CT molecular complexity index is 1050. The molecule has 0 fully saturated rings. The third-order valence-corrected chi connectivity index (χ3v) is 3.70. The summed E-state index contributed by atoms with van der Waals surface area (Å²) < 4.78 is 5.27. The van der Waals surface area contributed by atoms with E-state index in [1.54, 1.807) is 12.1 Å². The second kappa shape index (κ2) is 9.78. The maximum atomic E-state index is 12.5. The number of benzene rings is 2. The van der Waals surface area contributed by atoms with Crippen LogP contribution in [-0.4, -0.2) is 26.8 Å². The molecule has 2 aromatic carbocycles. The number of nitrogens with two attached hydrogens (primary N) is 1. The smallest absolute Gasteiger partial charge is 0.355 e. The molecule has 0 unspecified atom stereocenters. The summed E-state index contributed by atoms with van der Waals surface area (Å²) in [5.41, 5.74) is 7.24. The molecular formula is C21H20N6O3. The number of anilines is 3. The fourth-order valence-electron chi connectivity index (χ4n) is 2.47. The van der Waals surface area contributed by atoms with Gasteiger partial charge in [0.1, 0.15) is 5.70 Å². The van der Waals surface area contributed by atoms with E-state index in [0.717, 1.165) is 11.3 Å². The minimum atomic E-state index is -0.731. The summed E-state index contributed by atoms with van der Waals surface area (Å²) in [4.78, 5) is 36.2. The fourth-order valence-corrected chi connectivity index (χ4v) is 2.47. The van der Waals surface area contributed by atoms with Crippen LogP contribution in [0.25, 0.3) is 6.08 Å². The molecule has 0 aliphatic heterocycles. The second-order valence-electron chi connectivity index (χ2n) is 6.15. The van der Waals surface area contributed by atoms with E-state index in [2.05, 4.69) is 25.6 Å². The third kappa shape index (κ3) is 6.13. The molecule has 30 heavy (non-hydrogen) atoms. The number of nitrogen functional groups attached to an aromatic ring is 1. The van der Waals surface area contributed by atoms with Crippen LogP contribution in [0.4, 0.5) is 17.6 Å². The molecule has 0 aliphatic carbocycles. The van der Waals surface area contributed by atoms with E-state index in [9.17, 15) is 9.59 Å². The van der Waals surface area contributed by atoms with Gasteiger partial charge in [-0.15, -0.1) is 0 Å². The molecule has 0 saturated heterocycles. The van der Waals surface area contributed by atoms with Gasteiger partial charge in [-0.25, -0.2) is 4.79 Å². The van der Waals surface area contributed by atoms with Crippen LogP contribution in [-0.2, 0) is 20.9 Å². The molecular weight excluding hydrogens is 384 g/mol. The van der Waals surface area contributed by atoms with Gasteiger partial charge in [-0.1, -0.05) is 48.5 Å². The van der Waals surface area contributed by atoms with Gasteiger partial charge < -0.3 is 21.1 Å². The van der Waals surface area contributed by atoms with Crippen molar-refractivity contribution in [2.75, 3.05) is 11.1 Å². The average Bonchev–Trinajstić information content (AvgIpc) is 2.72. The molecule has 0 radical (unpaired) electrons. The highest BCUT2D eigenvalue weighted by atomic mass is 16.5. The van der Waals surface area contributed by atoms with E-state index in [1.165, 1.54) is 13.0 Å². The number of ether oxygens (including phenoxy) is 1. The first-order chi connectivity index (χ1) is 14.5. The lowest BCUT2D eigenvalue weighted by Gasteiger charge is -2.10. The van der Waals surface area contributed by atoms with Crippen molar-refractivity contribution in [3.8, 4) is 0 Å². The van der Waals surface area contributed by atoms with Gasteiger partial charge in [0.2, 0.25) is 17.8 Å². The molecule has 9 nitrogen and oxygen atoms in total. The van der Waals surface area contributed by atoms with Crippen molar-refractivity contribution >= 4 is 35.5 Å². The van der Waals surface area contributed by atoms with E-state index in [-0.39, 0.29) is 30.0 Å². The van der Waals surface area contributed by atoms with Crippen molar-refractivity contribution in [1.29, 1.82) is 0 Å². The predicted molar refractivity (Wildman–Crippen MR) is 112 cm³/mol. The highest BCUT2D eigenvalue weighted by molar-refractivity contribution is 5.97. The van der Waals surface area contributed by atoms with E-state index in [0.29, 0.717) is 0 Å². The highest BCUT2D eigenvalue weighted by Crippen LogP contribution is 2.13. The maximum Gasteiger partial charge on any atom is 0.355 e. The Balaban J connectivity index is 1.72. The van der Waals surface area contributed by atoms with Crippen LogP contribution in [0.5, 0.6) is 0 Å². The zero-order valence-corrected chi connectivity index (χ0v) is 16.2. The summed E-state index contributed by atoms with van der Waals surface area (Å²) in [6.45, 7) is 1.06.